The second-order valence-electron chi connectivity index (χ2n) is 5.52. The van der Waals surface area contributed by atoms with Gasteiger partial charge < -0.3 is 16.5 Å². The number of hydrogen-bond donors (Lipinski definition) is 3. The lowest BCUT2D eigenvalue weighted by atomic mass is 9.52. The first-order valence-corrected chi connectivity index (χ1v) is 6.30. The lowest BCUT2D eigenvalue weighted by Gasteiger charge is -2.55. The molecule has 1 aliphatic carbocycles. The van der Waals surface area contributed by atoms with Crippen LogP contribution in [0.25, 0.3) is 0 Å². The van der Waals surface area contributed by atoms with Crippen molar-refractivity contribution in [3.05, 3.63) is 11.8 Å². The Morgan fingerprint density at radius 1 is 1.50 bits per heavy atom. The average molecular weight is 221 g/mol. The summed E-state index contributed by atoms with van der Waals surface area (Å²) in [6.45, 7) is 6.51. The Bertz CT molecular complexity index is 305. The van der Waals surface area contributed by atoms with E-state index in [0.29, 0.717) is 11.3 Å². The fourth-order valence-corrected chi connectivity index (χ4v) is 3.14. The van der Waals surface area contributed by atoms with E-state index in [2.05, 4.69) is 12.2 Å². The van der Waals surface area contributed by atoms with Crippen molar-refractivity contribution in [1.29, 1.82) is 5.41 Å². The maximum atomic E-state index is 7.97. The Labute approximate surface area is 98.0 Å². The topological polar surface area (TPSA) is 61.9 Å². The van der Waals surface area contributed by atoms with Crippen molar-refractivity contribution in [3.63, 3.8) is 0 Å². The van der Waals surface area contributed by atoms with E-state index in [4.69, 9.17) is 11.1 Å². The van der Waals surface area contributed by atoms with Crippen LogP contribution in [-0.4, -0.2) is 18.8 Å². The molecule has 2 fully saturated rings. The van der Waals surface area contributed by atoms with Crippen LogP contribution < -0.4 is 11.1 Å². The van der Waals surface area contributed by atoms with E-state index in [9.17, 15) is 0 Å². The van der Waals surface area contributed by atoms with Crippen LogP contribution in [0.1, 0.15) is 33.1 Å². The minimum Gasteiger partial charge on any atom is -0.402 e. The normalized spacial score (nSPS) is 35.4. The van der Waals surface area contributed by atoms with Gasteiger partial charge in [0.15, 0.2) is 0 Å². The second kappa shape index (κ2) is 4.21. The van der Waals surface area contributed by atoms with E-state index < -0.39 is 0 Å². The van der Waals surface area contributed by atoms with Crippen molar-refractivity contribution in [2.45, 2.75) is 33.1 Å². The van der Waals surface area contributed by atoms with Gasteiger partial charge >= 0.3 is 0 Å². The zero-order valence-electron chi connectivity index (χ0n) is 10.3. The van der Waals surface area contributed by atoms with Crippen LogP contribution in [0, 0.1) is 22.7 Å². The van der Waals surface area contributed by atoms with E-state index in [-0.39, 0.29) is 0 Å². The molecule has 0 aromatic carbocycles. The minimum absolute atomic E-state index is 0.457. The molecule has 0 atom stereocenters. The predicted octanol–water partition coefficient (Wildman–Crippen LogP) is 1.89. The number of hydrogen-bond acceptors (Lipinski definition) is 3. The molecule has 3 nitrogen and oxygen atoms in total. The molecule has 0 radical (unpaired) electrons. The van der Waals surface area contributed by atoms with Gasteiger partial charge in [-0.15, -0.1) is 0 Å². The van der Waals surface area contributed by atoms with Crippen molar-refractivity contribution < 1.29 is 0 Å². The molecule has 0 aromatic heterocycles. The minimum atomic E-state index is 0.457. The summed E-state index contributed by atoms with van der Waals surface area (Å²) in [5, 5.41) is 11.3. The van der Waals surface area contributed by atoms with Crippen molar-refractivity contribution >= 4 is 5.71 Å². The molecular formula is C13H23N3. The van der Waals surface area contributed by atoms with E-state index in [0.717, 1.165) is 17.3 Å². The van der Waals surface area contributed by atoms with Gasteiger partial charge in [-0.05, 0) is 50.3 Å². The maximum absolute atomic E-state index is 7.97. The Morgan fingerprint density at radius 2 is 2.12 bits per heavy atom. The number of rotatable bonds is 4. The molecule has 1 aliphatic heterocycles. The fourth-order valence-electron chi connectivity index (χ4n) is 3.14. The highest BCUT2D eigenvalue weighted by atomic mass is 15.0. The molecule has 2 rings (SSSR count). The Kier molecular flexibility index (Phi) is 3.06. The first-order valence-electron chi connectivity index (χ1n) is 6.30. The third kappa shape index (κ3) is 1.88. The predicted molar refractivity (Wildman–Crippen MR) is 67.5 cm³/mol. The van der Waals surface area contributed by atoms with Gasteiger partial charge in [-0.25, -0.2) is 0 Å². The van der Waals surface area contributed by atoms with Gasteiger partial charge in [-0.2, -0.15) is 0 Å². The lowest BCUT2D eigenvalue weighted by molar-refractivity contribution is -0.0104. The van der Waals surface area contributed by atoms with Gasteiger partial charge in [0.25, 0.3) is 0 Å². The zero-order chi connectivity index (χ0) is 11.8. The third-order valence-electron chi connectivity index (χ3n) is 4.48. The monoisotopic (exact) mass is 221 g/mol. The van der Waals surface area contributed by atoms with Crippen molar-refractivity contribution in [1.82, 2.24) is 5.32 Å². The average Bonchev–Trinajstić information content (AvgIpc) is 2.05. The highest BCUT2D eigenvalue weighted by Gasteiger charge is 2.50. The van der Waals surface area contributed by atoms with E-state index in [1.807, 2.05) is 13.0 Å². The van der Waals surface area contributed by atoms with Crippen molar-refractivity contribution in [2.24, 2.45) is 23.0 Å². The van der Waals surface area contributed by atoms with Gasteiger partial charge in [0.1, 0.15) is 0 Å². The molecular weight excluding hydrogens is 198 g/mol. The van der Waals surface area contributed by atoms with Crippen LogP contribution in [0.5, 0.6) is 0 Å². The summed E-state index contributed by atoms with van der Waals surface area (Å²) in [6, 6.07) is 0. The number of nitrogens with two attached hydrogens (primary N) is 1. The molecule has 1 saturated heterocycles. The smallest absolute Gasteiger partial charge is 0.0362 e. The standard InChI is InChI=1S/C13H23N3/c1-3-13(11-7-16-8-11)5-10(6-13)12(15)4-9(2)14/h4,10-11,15-16H,3,5-8,14H2,1-2H3. The summed E-state index contributed by atoms with van der Waals surface area (Å²) in [6.07, 6.45) is 5.47. The number of nitrogens with one attached hydrogen (secondary N) is 2. The fraction of sp³-hybridized carbons (Fsp3) is 0.769. The van der Waals surface area contributed by atoms with E-state index >= 15 is 0 Å². The van der Waals surface area contributed by atoms with Gasteiger partial charge in [-0.3, -0.25) is 0 Å². The molecule has 1 heterocycles. The van der Waals surface area contributed by atoms with Crippen LogP contribution in [0.3, 0.4) is 0 Å². The SMILES string of the molecule is CCC1(C2CNC2)CC(C(=N)C=C(C)N)C1. The summed E-state index contributed by atoms with van der Waals surface area (Å²) in [5.74, 6) is 1.31. The zero-order valence-corrected chi connectivity index (χ0v) is 10.3. The summed E-state index contributed by atoms with van der Waals surface area (Å²) in [7, 11) is 0. The third-order valence-corrected chi connectivity index (χ3v) is 4.48. The van der Waals surface area contributed by atoms with Crippen molar-refractivity contribution in [2.75, 3.05) is 13.1 Å². The van der Waals surface area contributed by atoms with Crippen molar-refractivity contribution in [3.8, 4) is 0 Å². The maximum Gasteiger partial charge on any atom is 0.0362 e. The van der Waals surface area contributed by atoms with Gasteiger partial charge in [0, 0.05) is 17.3 Å². The largest absolute Gasteiger partial charge is 0.402 e. The molecule has 2 aliphatic rings. The van der Waals surface area contributed by atoms with Gasteiger partial charge in [-0.1, -0.05) is 13.3 Å². The quantitative estimate of drug-likeness (QED) is 0.635. The van der Waals surface area contributed by atoms with Gasteiger partial charge in [0.2, 0.25) is 0 Å². The van der Waals surface area contributed by atoms with Gasteiger partial charge in [0.05, 0.1) is 0 Å². The Morgan fingerprint density at radius 3 is 2.50 bits per heavy atom. The molecule has 0 bridgehead atoms. The molecule has 0 unspecified atom stereocenters. The molecule has 1 saturated carbocycles. The summed E-state index contributed by atoms with van der Waals surface area (Å²) in [5.41, 5.74) is 7.63. The molecule has 0 aromatic rings. The molecule has 3 heteroatoms. The molecule has 0 amide bonds. The summed E-state index contributed by atoms with van der Waals surface area (Å²) < 4.78 is 0. The molecule has 90 valence electrons. The second-order valence-corrected chi connectivity index (χ2v) is 5.52. The highest BCUT2D eigenvalue weighted by Crippen LogP contribution is 2.54. The van der Waals surface area contributed by atoms with E-state index in [1.165, 1.54) is 32.4 Å². The van der Waals surface area contributed by atoms with Crippen LogP contribution in [0.4, 0.5) is 0 Å². The Balaban J connectivity index is 1.92. The van der Waals surface area contributed by atoms with E-state index in [1.54, 1.807) is 0 Å². The Hall–Kier alpha value is -0.830. The molecule has 0 spiro atoms. The molecule has 16 heavy (non-hydrogen) atoms. The van der Waals surface area contributed by atoms with Crippen LogP contribution in [-0.2, 0) is 0 Å². The summed E-state index contributed by atoms with van der Waals surface area (Å²) >= 11 is 0. The first kappa shape index (κ1) is 11.6. The number of allylic oxidation sites excluding steroid dienone is 2. The highest BCUT2D eigenvalue weighted by molar-refractivity contribution is 5.95. The van der Waals surface area contributed by atoms with Crippen LogP contribution in [0.15, 0.2) is 11.8 Å². The first-order chi connectivity index (χ1) is 7.57. The van der Waals surface area contributed by atoms with Crippen LogP contribution >= 0.6 is 0 Å². The summed E-state index contributed by atoms with van der Waals surface area (Å²) in [4.78, 5) is 0. The molecule has 4 N–H and O–H groups in total. The lowest BCUT2D eigenvalue weighted by Crippen LogP contribution is -2.57. The van der Waals surface area contributed by atoms with Crippen LogP contribution in [0.2, 0.25) is 0 Å².